The molecule has 0 heterocycles. The number of rotatable bonds is 1. The molecule has 74 valence electrons. The van der Waals surface area contributed by atoms with Crippen LogP contribution in [0.2, 0.25) is 0 Å². The Morgan fingerprint density at radius 1 is 1.23 bits per heavy atom. The Balaban J connectivity index is 0.000000671. The quantitative estimate of drug-likeness (QED) is 0.653. The minimum absolute atomic E-state index is 0.568. The van der Waals surface area contributed by atoms with Crippen LogP contribution in [-0.4, -0.2) is 12.2 Å². The van der Waals surface area contributed by atoms with Crippen LogP contribution in [0.4, 0.5) is 5.69 Å². The monoisotopic (exact) mass is 181 g/mol. The predicted octanol–water partition coefficient (Wildman–Crippen LogP) is 2.31. The fourth-order valence-corrected chi connectivity index (χ4v) is 1.28. The maximum absolute atomic E-state index is 7.00. The van der Waals surface area contributed by atoms with Crippen molar-refractivity contribution >= 4 is 5.69 Å². The summed E-state index contributed by atoms with van der Waals surface area (Å²) in [4.78, 5) is 0. The van der Waals surface area contributed by atoms with Crippen molar-refractivity contribution in [3.05, 3.63) is 29.3 Å². The molecule has 1 aromatic rings. The van der Waals surface area contributed by atoms with E-state index in [4.69, 9.17) is 10.8 Å². The van der Waals surface area contributed by atoms with E-state index in [1.165, 1.54) is 11.1 Å². The Morgan fingerprint density at radius 2 is 1.77 bits per heavy atom. The molecule has 0 saturated heterocycles. The Labute approximate surface area is 80.4 Å². The first-order chi connectivity index (χ1) is 6.11. The van der Waals surface area contributed by atoms with Crippen molar-refractivity contribution in [2.24, 2.45) is 0 Å². The number of hydrogen-bond acceptors (Lipinski definition) is 2. The highest BCUT2D eigenvalue weighted by atomic mass is 16.2. The average molecular weight is 181 g/mol. The minimum Gasteiger partial charge on any atom is -0.400 e. The van der Waals surface area contributed by atoms with Crippen LogP contribution in [0.1, 0.15) is 30.9 Å². The van der Waals surface area contributed by atoms with E-state index in [9.17, 15) is 0 Å². The molecule has 1 aromatic carbocycles. The van der Waals surface area contributed by atoms with Gasteiger partial charge in [0.15, 0.2) is 0 Å². The molecule has 0 amide bonds. The highest BCUT2D eigenvalue weighted by molar-refractivity contribution is 5.45. The molecule has 2 heteroatoms. The second-order valence-electron chi connectivity index (χ2n) is 3.27. The van der Waals surface area contributed by atoms with Gasteiger partial charge in [0, 0.05) is 12.8 Å². The highest BCUT2D eigenvalue weighted by Gasteiger charge is 2.02. The van der Waals surface area contributed by atoms with Gasteiger partial charge in [0.25, 0.3) is 0 Å². The third-order valence-electron chi connectivity index (χ3n) is 1.93. The predicted molar refractivity (Wildman–Crippen MR) is 57.8 cm³/mol. The van der Waals surface area contributed by atoms with E-state index in [0.717, 1.165) is 12.8 Å². The van der Waals surface area contributed by atoms with Gasteiger partial charge in [-0.15, -0.1) is 0 Å². The van der Waals surface area contributed by atoms with E-state index in [1.807, 2.05) is 6.07 Å². The molecule has 0 spiro atoms. The van der Waals surface area contributed by atoms with Crippen LogP contribution < -0.4 is 5.73 Å². The SMILES string of the molecule is CO.Cc1ccc(N)cc1C(C)C. The highest BCUT2D eigenvalue weighted by Crippen LogP contribution is 2.20. The molecule has 0 aliphatic carbocycles. The molecule has 0 bridgehead atoms. The first-order valence-corrected chi connectivity index (χ1v) is 4.42. The molecule has 1 rings (SSSR count). The Kier molecular flexibility index (Phi) is 5.16. The summed E-state index contributed by atoms with van der Waals surface area (Å²) in [7, 11) is 1.00. The molecule has 0 atom stereocenters. The summed E-state index contributed by atoms with van der Waals surface area (Å²) in [5.74, 6) is 0.568. The van der Waals surface area contributed by atoms with Gasteiger partial charge in [-0.05, 0) is 36.1 Å². The zero-order chi connectivity index (χ0) is 10.4. The fraction of sp³-hybridized carbons (Fsp3) is 0.455. The number of aliphatic hydroxyl groups excluding tert-OH is 1. The number of nitrogens with two attached hydrogens (primary N) is 1. The minimum atomic E-state index is 0.568. The fourth-order valence-electron chi connectivity index (χ4n) is 1.28. The van der Waals surface area contributed by atoms with Gasteiger partial charge in [-0.25, -0.2) is 0 Å². The number of aryl methyl sites for hydroxylation is 1. The molecule has 13 heavy (non-hydrogen) atoms. The zero-order valence-corrected chi connectivity index (χ0v) is 8.83. The van der Waals surface area contributed by atoms with Gasteiger partial charge in [-0.2, -0.15) is 0 Å². The summed E-state index contributed by atoms with van der Waals surface area (Å²) in [6.07, 6.45) is 0. The second kappa shape index (κ2) is 5.60. The standard InChI is InChI=1S/C10H15N.CH4O/c1-7(2)10-6-9(11)5-4-8(10)3;1-2/h4-7H,11H2,1-3H3;2H,1H3. The van der Waals surface area contributed by atoms with Gasteiger partial charge >= 0.3 is 0 Å². The van der Waals surface area contributed by atoms with Crippen LogP contribution in [0, 0.1) is 6.92 Å². The largest absolute Gasteiger partial charge is 0.400 e. The lowest BCUT2D eigenvalue weighted by atomic mass is 9.98. The van der Waals surface area contributed by atoms with Crippen LogP contribution >= 0.6 is 0 Å². The maximum Gasteiger partial charge on any atom is 0.0319 e. The molecule has 2 nitrogen and oxygen atoms in total. The smallest absolute Gasteiger partial charge is 0.0319 e. The summed E-state index contributed by atoms with van der Waals surface area (Å²) in [5, 5.41) is 7.00. The van der Waals surface area contributed by atoms with Crippen molar-refractivity contribution in [2.45, 2.75) is 26.7 Å². The van der Waals surface area contributed by atoms with E-state index in [2.05, 4.69) is 32.9 Å². The van der Waals surface area contributed by atoms with E-state index in [1.54, 1.807) is 0 Å². The number of hydrogen-bond donors (Lipinski definition) is 2. The Hall–Kier alpha value is -1.02. The van der Waals surface area contributed by atoms with Crippen LogP contribution in [0.5, 0.6) is 0 Å². The van der Waals surface area contributed by atoms with Crippen molar-refractivity contribution < 1.29 is 5.11 Å². The van der Waals surface area contributed by atoms with Gasteiger partial charge in [-0.1, -0.05) is 19.9 Å². The molecule has 0 aliphatic rings. The third-order valence-corrected chi connectivity index (χ3v) is 1.93. The number of anilines is 1. The molecule has 3 N–H and O–H groups in total. The Morgan fingerprint density at radius 3 is 2.15 bits per heavy atom. The summed E-state index contributed by atoms with van der Waals surface area (Å²) in [5.41, 5.74) is 9.21. The lowest BCUT2D eigenvalue weighted by Gasteiger charge is -2.09. The van der Waals surface area contributed by atoms with Gasteiger partial charge in [0.2, 0.25) is 0 Å². The van der Waals surface area contributed by atoms with Crippen molar-refractivity contribution in [2.75, 3.05) is 12.8 Å². The van der Waals surface area contributed by atoms with E-state index in [-0.39, 0.29) is 0 Å². The molecule has 0 aromatic heterocycles. The summed E-state index contributed by atoms with van der Waals surface area (Å²) >= 11 is 0. The van der Waals surface area contributed by atoms with E-state index in [0.29, 0.717) is 5.92 Å². The maximum atomic E-state index is 7.00. The van der Waals surface area contributed by atoms with Gasteiger partial charge in [-0.3, -0.25) is 0 Å². The summed E-state index contributed by atoms with van der Waals surface area (Å²) in [6, 6.07) is 6.08. The van der Waals surface area contributed by atoms with Crippen LogP contribution in [0.3, 0.4) is 0 Å². The summed E-state index contributed by atoms with van der Waals surface area (Å²) < 4.78 is 0. The molecule has 0 fully saturated rings. The van der Waals surface area contributed by atoms with E-state index < -0.39 is 0 Å². The zero-order valence-electron chi connectivity index (χ0n) is 8.83. The van der Waals surface area contributed by atoms with Crippen molar-refractivity contribution in [1.82, 2.24) is 0 Å². The van der Waals surface area contributed by atoms with Gasteiger partial charge in [0.05, 0.1) is 0 Å². The lowest BCUT2D eigenvalue weighted by molar-refractivity contribution is 0.399. The third kappa shape index (κ3) is 3.47. The second-order valence-corrected chi connectivity index (χ2v) is 3.27. The van der Waals surface area contributed by atoms with Crippen LogP contribution in [0.15, 0.2) is 18.2 Å². The van der Waals surface area contributed by atoms with Crippen LogP contribution in [-0.2, 0) is 0 Å². The topological polar surface area (TPSA) is 46.2 Å². The summed E-state index contributed by atoms with van der Waals surface area (Å²) in [6.45, 7) is 6.48. The van der Waals surface area contributed by atoms with E-state index >= 15 is 0 Å². The first-order valence-electron chi connectivity index (χ1n) is 4.42. The lowest BCUT2D eigenvalue weighted by Crippen LogP contribution is -1.94. The normalized spacial score (nSPS) is 9.38. The van der Waals surface area contributed by atoms with Crippen molar-refractivity contribution in [3.8, 4) is 0 Å². The van der Waals surface area contributed by atoms with Crippen molar-refractivity contribution in [1.29, 1.82) is 0 Å². The molecule has 0 saturated carbocycles. The Bertz CT molecular complexity index is 256. The van der Waals surface area contributed by atoms with Crippen molar-refractivity contribution in [3.63, 3.8) is 0 Å². The van der Waals surface area contributed by atoms with Gasteiger partial charge in [0.1, 0.15) is 0 Å². The van der Waals surface area contributed by atoms with Crippen LogP contribution in [0.25, 0.3) is 0 Å². The molecule has 0 radical (unpaired) electrons. The first kappa shape index (κ1) is 12.0. The number of benzene rings is 1. The van der Waals surface area contributed by atoms with Gasteiger partial charge < -0.3 is 10.8 Å². The molecule has 0 aliphatic heterocycles. The molecular weight excluding hydrogens is 162 g/mol. The molecular formula is C11H19NO. The molecule has 0 unspecified atom stereocenters. The number of nitrogen functional groups attached to an aromatic ring is 1. The average Bonchev–Trinajstić information content (AvgIpc) is 2.12. The number of aliphatic hydroxyl groups is 1.